The van der Waals surface area contributed by atoms with E-state index in [9.17, 15) is 4.79 Å². The molecule has 0 bridgehead atoms. The molecule has 32 heavy (non-hydrogen) atoms. The van der Waals surface area contributed by atoms with E-state index in [0.29, 0.717) is 12.2 Å². The quantitative estimate of drug-likeness (QED) is 0.427. The average Bonchev–Trinajstić information content (AvgIpc) is 2.72. The third kappa shape index (κ3) is 8.83. The Bertz CT molecular complexity index is 888. The first kappa shape index (κ1) is 25.0. The molecule has 3 N–H and O–H groups in total. The van der Waals surface area contributed by atoms with Crippen molar-refractivity contribution in [2.75, 3.05) is 37.4 Å². The van der Waals surface area contributed by atoms with Crippen LogP contribution in [0, 0.1) is 0 Å². The van der Waals surface area contributed by atoms with Crippen LogP contribution in [-0.2, 0) is 17.7 Å². The van der Waals surface area contributed by atoms with E-state index in [2.05, 4.69) is 20.9 Å². The molecule has 0 spiro atoms. The van der Waals surface area contributed by atoms with Gasteiger partial charge in [-0.2, -0.15) is 0 Å². The van der Waals surface area contributed by atoms with Crippen molar-refractivity contribution in [1.29, 1.82) is 0 Å². The molecule has 8 nitrogen and oxygen atoms in total. The zero-order chi connectivity index (χ0) is 23.6. The van der Waals surface area contributed by atoms with Crippen LogP contribution < -0.4 is 20.9 Å². The highest BCUT2D eigenvalue weighted by Gasteiger charge is 2.16. The molecule has 0 aliphatic heterocycles. The lowest BCUT2D eigenvalue weighted by Gasteiger charge is -2.19. The molecule has 0 saturated heterocycles. The van der Waals surface area contributed by atoms with Gasteiger partial charge in [-0.05, 0) is 57.9 Å². The van der Waals surface area contributed by atoms with Crippen molar-refractivity contribution in [2.24, 2.45) is 4.99 Å². The van der Waals surface area contributed by atoms with Crippen LogP contribution in [0.2, 0.25) is 0 Å². The number of nitrogens with zero attached hydrogens (tertiary/aromatic N) is 3. The summed E-state index contributed by atoms with van der Waals surface area (Å²) in [6.45, 7) is 9.62. The first-order chi connectivity index (χ1) is 15.2. The second-order valence-electron chi connectivity index (χ2n) is 8.58. The Balaban J connectivity index is 1.88. The van der Waals surface area contributed by atoms with E-state index in [4.69, 9.17) is 9.73 Å². The molecule has 0 radical (unpaired) electrons. The fraction of sp³-hybridized carbons (Fsp3) is 0.458. The Kier molecular flexibility index (Phi) is 9.31. The maximum atomic E-state index is 11.9. The highest BCUT2D eigenvalue weighted by molar-refractivity contribution is 5.84. The molecule has 1 aromatic carbocycles. The van der Waals surface area contributed by atoms with Crippen LogP contribution in [0.1, 0.15) is 38.8 Å². The molecule has 0 aliphatic rings. The van der Waals surface area contributed by atoms with Crippen LogP contribution >= 0.6 is 0 Å². The van der Waals surface area contributed by atoms with Gasteiger partial charge in [0.05, 0.1) is 6.54 Å². The molecule has 0 unspecified atom stereocenters. The Labute approximate surface area is 191 Å². The predicted molar refractivity (Wildman–Crippen MR) is 131 cm³/mol. The van der Waals surface area contributed by atoms with Crippen molar-refractivity contribution in [1.82, 2.24) is 15.6 Å². The van der Waals surface area contributed by atoms with Gasteiger partial charge < -0.3 is 20.3 Å². The van der Waals surface area contributed by atoms with Crippen molar-refractivity contribution < 1.29 is 9.53 Å². The van der Waals surface area contributed by atoms with Crippen LogP contribution in [0.4, 0.5) is 16.3 Å². The summed E-state index contributed by atoms with van der Waals surface area (Å²) in [4.78, 5) is 23.0. The van der Waals surface area contributed by atoms with Crippen LogP contribution in [0.5, 0.6) is 0 Å². The van der Waals surface area contributed by atoms with Gasteiger partial charge in [-0.3, -0.25) is 5.32 Å². The van der Waals surface area contributed by atoms with Crippen molar-refractivity contribution in [3.05, 3.63) is 53.7 Å². The number of rotatable bonds is 8. The number of hydrogen-bond donors (Lipinski definition) is 3. The number of ether oxygens (including phenoxy) is 1. The van der Waals surface area contributed by atoms with Crippen LogP contribution in [0.25, 0.3) is 0 Å². The van der Waals surface area contributed by atoms with E-state index in [-0.39, 0.29) is 0 Å². The zero-order valence-electron chi connectivity index (χ0n) is 20.0. The molecule has 1 amide bonds. The Morgan fingerprint density at radius 1 is 1.12 bits per heavy atom. The number of pyridine rings is 1. The SMILES string of the molecule is CCNC(=NCc1cccnc1N(C)C)NCCc1ccc(NC(=O)OC(C)(C)C)cc1. The normalized spacial score (nSPS) is 11.6. The highest BCUT2D eigenvalue weighted by Crippen LogP contribution is 2.15. The minimum Gasteiger partial charge on any atom is -0.444 e. The maximum absolute atomic E-state index is 11.9. The summed E-state index contributed by atoms with van der Waals surface area (Å²) in [7, 11) is 3.96. The van der Waals surface area contributed by atoms with E-state index in [1.54, 1.807) is 6.20 Å². The first-order valence-corrected chi connectivity index (χ1v) is 10.9. The largest absolute Gasteiger partial charge is 0.444 e. The minimum atomic E-state index is -0.521. The Hall–Kier alpha value is -3.29. The number of carbonyl (C=O) groups excluding carboxylic acids is 1. The van der Waals surface area contributed by atoms with E-state index >= 15 is 0 Å². The molecule has 2 rings (SSSR count). The lowest BCUT2D eigenvalue weighted by molar-refractivity contribution is 0.0636. The second-order valence-corrected chi connectivity index (χ2v) is 8.58. The van der Waals surface area contributed by atoms with Gasteiger partial charge in [0.1, 0.15) is 11.4 Å². The minimum absolute atomic E-state index is 0.454. The summed E-state index contributed by atoms with van der Waals surface area (Å²) in [6, 6.07) is 11.7. The van der Waals surface area contributed by atoms with Gasteiger partial charge in [0.15, 0.2) is 5.96 Å². The molecular formula is C24H36N6O2. The van der Waals surface area contributed by atoms with Gasteiger partial charge in [0, 0.05) is 44.6 Å². The summed E-state index contributed by atoms with van der Waals surface area (Å²) in [6.07, 6.45) is 2.16. The van der Waals surface area contributed by atoms with E-state index in [1.807, 2.05) is 83.1 Å². The lowest BCUT2D eigenvalue weighted by atomic mass is 10.1. The molecule has 8 heteroatoms. The number of anilines is 2. The van der Waals surface area contributed by atoms with Crippen LogP contribution in [-0.4, -0.2) is 49.8 Å². The lowest BCUT2D eigenvalue weighted by Crippen LogP contribution is -2.38. The van der Waals surface area contributed by atoms with E-state index < -0.39 is 11.7 Å². The van der Waals surface area contributed by atoms with Gasteiger partial charge in [0.2, 0.25) is 0 Å². The van der Waals surface area contributed by atoms with Gasteiger partial charge in [-0.15, -0.1) is 0 Å². The molecule has 1 heterocycles. The topological polar surface area (TPSA) is 90.9 Å². The molecule has 0 fully saturated rings. The monoisotopic (exact) mass is 440 g/mol. The summed E-state index contributed by atoms with van der Waals surface area (Å²) in [5, 5.41) is 9.40. The van der Waals surface area contributed by atoms with Crippen molar-refractivity contribution in [3.8, 4) is 0 Å². The van der Waals surface area contributed by atoms with Gasteiger partial charge in [-0.1, -0.05) is 18.2 Å². The predicted octanol–water partition coefficient (Wildman–Crippen LogP) is 3.79. The van der Waals surface area contributed by atoms with Gasteiger partial charge in [-0.25, -0.2) is 14.8 Å². The van der Waals surface area contributed by atoms with Gasteiger partial charge >= 0.3 is 6.09 Å². The Morgan fingerprint density at radius 3 is 2.47 bits per heavy atom. The average molecular weight is 441 g/mol. The number of carbonyl (C=O) groups is 1. The maximum Gasteiger partial charge on any atom is 0.412 e. The molecule has 2 aromatic rings. The molecule has 0 atom stereocenters. The summed E-state index contributed by atoms with van der Waals surface area (Å²) < 4.78 is 5.27. The van der Waals surface area contributed by atoms with Crippen LogP contribution in [0.15, 0.2) is 47.6 Å². The number of nitrogens with one attached hydrogen (secondary N) is 3. The molecular weight excluding hydrogens is 404 g/mol. The van der Waals surface area contributed by atoms with Gasteiger partial charge in [0.25, 0.3) is 0 Å². The fourth-order valence-electron chi connectivity index (χ4n) is 2.96. The number of hydrogen-bond acceptors (Lipinski definition) is 5. The third-order valence-corrected chi connectivity index (χ3v) is 4.35. The van der Waals surface area contributed by atoms with E-state index in [1.165, 1.54) is 0 Å². The van der Waals surface area contributed by atoms with Crippen molar-refractivity contribution in [2.45, 2.75) is 46.3 Å². The molecule has 1 aromatic heterocycles. The number of benzene rings is 1. The smallest absolute Gasteiger partial charge is 0.412 e. The number of guanidine groups is 1. The molecule has 0 saturated carbocycles. The molecule has 174 valence electrons. The van der Waals surface area contributed by atoms with E-state index in [0.717, 1.165) is 42.4 Å². The fourth-order valence-corrected chi connectivity index (χ4v) is 2.96. The van der Waals surface area contributed by atoms with Crippen molar-refractivity contribution >= 4 is 23.6 Å². The first-order valence-electron chi connectivity index (χ1n) is 10.9. The Morgan fingerprint density at radius 2 is 1.84 bits per heavy atom. The number of amides is 1. The second kappa shape index (κ2) is 11.9. The zero-order valence-corrected chi connectivity index (χ0v) is 20.0. The summed E-state index contributed by atoms with van der Waals surface area (Å²) in [5.74, 6) is 1.69. The molecule has 0 aliphatic carbocycles. The highest BCUT2D eigenvalue weighted by atomic mass is 16.6. The summed E-state index contributed by atoms with van der Waals surface area (Å²) in [5.41, 5.74) is 2.42. The summed E-state index contributed by atoms with van der Waals surface area (Å²) >= 11 is 0. The standard InChI is InChI=1S/C24H36N6O2/c1-7-25-22(28-17-19-9-8-15-26-21(19)30(5)6)27-16-14-18-10-12-20(13-11-18)29-23(31)32-24(2,3)4/h8-13,15H,7,14,16-17H2,1-6H3,(H,29,31)(H2,25,27,28). The van der Waals surface area contributed by atoms with Crippen LogP contribution in [0.3, 0.4) is 0 Å². The van der Waals surface area contributed by atoms with Crippen molar-refractivity contribution in [3.63, 3.8) is 0 Å². The number of aromatic nitrogens is 1. The third-order valence-electron chi connectivity index (χ3n) is 4.35. The number of aliphatic imine (C=N–C) groups is 1.